The van der Waals surface area contributed by atoms with Crippen LogP contribution in [-0.4, -0.2) is 29.6 Å². The molecule has 0 spiro atoms. The Kier molecular flexibility index (Phi) is 3.78. The largest absolute Gasteiger partial charge is 0.497 e. The lowest BCUT2D eigenvalue weighted by Crippen LogP contribution is -2.26. The maximum atomic E-state index is 12.7. The summed E-state index contributed by atoms with van der Waals surface area (Å²) < 4.78 is 7.15. The summed E-state index contributed by atoms with van der Waals surface area (Å²) in [5.74, 6) is 1.62. The molecule has 0 radical (unpaired) electrons. The van der Waals surface area contributed by atoms with Crippen molar-refractivity contribution in [3.63, 3.8) is 0 Å². The van der Waals surface area contributed by atoms with Gasteiger partial charge in [-0.2, -0.15) is 0 Å². The van der Waals surface area contributed by atoms with Crippen LogP contribution >= 0.6 is 0 Å². The minimum atomic E-state index is -0.0691. The number of imidazole rings is 1. The number of hydrogen-bond donors (Lipinski definition) is 0. The molecule has 0 fully saturated rings. The molecule has 0 aliphatic heterocycles. The molecule has 5 nitrogen and oxygen atoms in total. The fourth-order valence-electron chi connectivity index (χ4n) is 2.57. The molecule has 1 amide bonds. The van der Waals surface area contributed by atoms with Crippen LogP contribution in [0.5, 0.6) is 5.75 Å². The van der Waals surface area contributed by atoms with Gasteiger partial charge in [0, 0.05) is 25.3 Å². The average Bonchev–Trinajstić information content (AvgIpc) is 2.87. The summed E-state index contributed by atoms with van der Waals surface area (Å²) in [6.45, 7) is 1.95. The van der Waals surface area contributed by atoms with E-state index in [0.29, 0.717) is 5.56 Å². The van der Waals surface area contributed by atoms with Crippen LogP contribution in [0.25, 0.3) is 11.0 Å². The highest BCUT2D eigenvalue weighted by atomic mass is 16.5. The minimum absolute atomic E-state index is 0.0691. The number of aryl methyl sites for hydroxylation is 2. The third-order valence-electron chi connectivity index (χ3n) is 4.12. The number of amides is 1. The van der Waals surface area contributed by atoms with Gasteiger partial charge in [0.25, 0.3) is 5.91 Å². The lowest BCUT2D eigenvalue weighted by Gasteiger charge is -2.17. The molecule has 5 heteroatoms. The molecule has 3 aromatic rings. The fourth-order valence-corrected chi connectivity index (χ4v) is 2.57. The molecule has 0 aliphatic rings. The number of fused-ring (bicyclic) bond motifs is 1. The van der Waals surface area contributed by atoms with Crippen molar-refractivity contribution in [1.29, 1.82) is 0 Å². The summed E-state index contributed by atoms with van der Waals surface area (Å²) in [6, 6.07) is 13.0. The number of benzene rings is 2. The van der Waals surface area contributed by atoms with Gasteiger partial charge in [-0.3, -0.25) is 4.79 Å². The average molecular weight is 309 g/mol. The van der Waals surface area contributed by atoms with Crippen molar-refractivity contribution in [2.75, 3.05) is 19.1 Å². The highest BCUT2D eigenvalue weighted by Gasteiger charge is 2.15. The number of aromatic nitrogens is 2. The van der Waals surface area contributed by atoms with Crippen LogP contribution < -0.4 is 9.64 Å². The number of rotatable bonds is 3. The van der Waals surface area contributed by atoms with Gasteiger partial charge in [-0.05, 0) is 49.4 Å². The molecular formula is C18H19N3O2. The fraction of sp³-hybridized carbons (Fsp3) is 0.222. The highest BCUT2D eigenvalue weighted by molar-refractivity contribution is 6.07. The van der Waals surface area contributed by atoms with Crippen molar-refractivity contribution in [3.8, 4) is 5.75 Å². The second kappa shape index (κ2) is 5.76. The Hall–Kier alpha value is -2.82. The van der Waals surface area contributed by atoms with Gasteiger partial charge in [-0.1, -0.05) is 0 Å². The molecule has 118 valence electrons. The van der Waals surface area contributed by atoms with Crippen molar-refractivity contribution in [1.82, 2.24) is 9.55 Å². The minimum Gasteiger partial charge on any atom is -0.497 e. The van der Waals surface area contributed by atoms with Gasteiger partial charge in [-0.15, -0.1) is 0 Å². The van der Waals surface area contributed by atoms with Gasteiger partial charge >= 0.3 is 0 Å². The van der Waals surface area contributed by atoms with Crippen LogP contribution in [0.4, 0.5) is 5.69 Å². The van der Waals surface area contributed by atoms with Crippen LogP contribution in [0.15, 0.2) is 42.5 Å². The molecule has 1 aromatic heterocycles. The van der Waals surface area contributed by atoms with E-state index < -0.39 is 0 Å². The maximum Gasteiger partial charge on any atom is 0.258 e. The first-order valence-corrected chi connectivity index (χ1v) is 7.36. The van der Waals surface area contributed by atoms with E-state index in [-0.39, 0.29) is 5.91 Å². The second-order valence-corrected chi connectivity index (χ2v) is 5.48. The van der Waals surface area contributed by atoms with Gasteiger partial charge in [0.1, 0.15) is 11.6 Å². The summed E-state index contributed by atoms with van der Waals surface area (Å²) in [4.78, 5) is 18.8. The number of hydrogen-bond acceptors (Lipinski definition) is 3. The summed E-state index contributed by atoms with van der Waals surface area (Å²) in [6.07, 6.45) is 0. The summed E-state index contributed by atoms with van der Waals surface area (Å²) in [5.41, 5.74) is 3.28. The van der Waals surface area contributed by atoms with E-state index in [4.69, 9.17) is 4.74 Å². The van der Waals surface area contributed by atoms with Gasteiger partial charge in [0.05, 0.1) is 18.1 Å². The number of carbonyl (C=O) groups excluding carboxylic acids is 1. The van der Waals surface area contributed by atoms with E-state index in [9.17, 15) is 4.79 Å². The molecule has 0 aliphatic carbocycles. The first-order valence-electron chi connectivity index (χ1n) is 7.36. The summed E-state index contributed by atoms with van der Waals surface area (Å²) in [5, 5.41) is 0. The zero-order valence-corrected chi connectivity index (χ0v) is 13.7. The number of methoxy groups -OCH3 is 1. The Bertz CT molecular complexity index is 866. The Balaban J connectivity index is 1.92. The van der Waals surface area contributed by atoms with Crippen molar-refractivity contribution in [3.05, 3.63) is 53.9 Å². The van der Waals surface area contributed by atoms with Crippen LogP contribution in [0.2, 0.25) is 0 Å². The lowest BCUT2D eigenvalue weighted by atomic mass is 10.1. The zero-order chi connectivity index (χ0) is 16.6. The third-order valence-corrected chi connectivity index (χ3v) is 4.12. The van der Waals surface area contributed by atoms with Crippen LogP contribution in [0, 0.1) is 6.92 Å². The Morgan fingerprint density at radius 3 is 2.52 bits per heavy atom. The first kappa shape index (κ1) is 15.1. The topological polar surface area (TPSA) is 47.4 Å². The Morgan fingerprint density at radius 2 is 1.87 bits per heavy atom. The lowest BCUT2D eigenvalue weighted by molar-refractivity contribution is 0.0993. The van der Waals surface area contributed by atoms with E-state index in [1.165, 1.54) is 0 Å². The molecule has 0 saturated carbocycles. The monoisotopic (exact) mass is 309 g/mol. The van der Waals surface area contributed by atoms with Crippen molar-refractivity contribution in [2.45, 2.75) is 6.92 Å². The van der Waals surface area contributed by atoms with Gasteiger partial charge in [0.2, 0.25) is 0 Å². The molecule has 3 rings (SSSR count). The Labute approximate surface area is 135 Å². The highest BCUT2D eigenvalue weighted by Crippen LogP contribution is 2.22. The summed E-state index contributed by atoms with van der Waals surface area (Å²) in [7, 11) is 5.35. The van der Waals surface area contributed by atoms with E-state index in [0.717, 1.165) is 28.3 Å². The van der Waals surface area contributed by atoms with Crippen LogP contribution in [0.1, 0.15) is 16.2 Å². The second-order valence-electron chi connectivity index (χ2n) is 5.48. The molecular weight excluding hydrogens is 290 g/mol. The molecule has 0 N–H and O–H groups in total. The predicted octanol–water partition coefficient (Wildman–Crippen LogP) is 3.17. The quantitative estimate of drug-likeness (QED) is 0.746. The molecule has 0 bridgehead atoms. The van der Waals surface area contributed by atoms with Crippen LogP contribution in [-0.2, 0) is 7.05 Å². The maximum absolute atomic E-state index is 12.7. The molecule has 0 unspecified atom stereocenters. The number of ether oxygens (including phenoxy) is 1. The zero-order valence-electron chi connectivity index (χ0n) is 13.7. The Morgan fingerprint density at radius 1 is 1.17 bits per heavy atom. The van der Waals surface area contributed by atoms with Gasteiger partial charge in [-0.25, -0.2) is 4.98 Å². The first-order chi connectivity index (χ1) is 11.0. The molecule has 1 heterocycles. The summed E-state index contributed by atoms with van der Waals surface area (Å²) >= 11 is 0. The smallest absolute Gasteiger partial charge is 0.258 e. The van der Waals surface area contributed by atoms with Gasteiger partial charge < -0.3 is 14.2 Å². The number of carbonyl (C=O) groups is 1. The van der Waals surface area contributed by atoms with Crippen molar-refractivity contribution < 1.29 is 9.53 Å². The molecule has 23 heavy (non-hydrogen) atoms. The third kappa shape index (κ3) is 2.65. The van der Waals surface area contributed by atoms with Gasteiger partial charge in [0.15, 0.2) is 0 Å². The molecule has 0 atom stereocenters. The molecule has 2 aromatic carbocycles. The van der Waals surface area contributed by atoms with Crippen molar-refractivity contribution >= 4 is 22.6 Å². The normalized spacial score (nSPS) is 10.8. The van der Waals surface area contributed by atoms with E-state index in [1.807, 2.05) is 61.0 Å². The van der Waals surface area contributed by atoms with Crippen molar-refractivity contribution in [2.24, 2.45) is 7.05 Å². The van der Waals surface area contributed by atoms with Crippen LogP contribution in [0.3, 0.4) is 0 Å². The predicted molar refractivity (Wildman–Crippen MR) is 91.2 cm³/mol. The van der Waals surface area contributed by atoms with E-state index >= 15 is 0 Å². The van der Waals surface area contributed by atoms with E-state index in [1.54, 1.807) is 19.1 Å². The molecule has 0 saturated heterocycles. The standard InChI is InChI=1S/C18H19N3O2/c1-12-19-16-11-13(5-10-17(16)20(12)2)18(22)21(3)14-6-8-15(23-4)9-7-14/h5-11H,1-4H3. The number of anilines is 1. The SMILES string of the molecule is COc1ccc(N(C)C(=O)c2ccc3c(c2)nc(C)n3C)cc1. The van der Waals surface area contributed by atoms with E-state index in [2.05, 4.69) is 4.98 Å². The number of nitrogens with zero attached hydrogens (tertiary/aromatic N) is 3.